The number of rotatable bonds is 6. The maximum absolute atomic E-state index is 5.33. The molecule has 3 N–H and O–H groups in total. The van der Waals surface area contributed by atoms with E-state index in [9.17, 15) is 0 Å². The van der Waals surface area contributed by atoms with E-state index in [0.29, 0.717) is 0 Å². The van der Waals surface area contributed by atoms with Gasteiger partial charge < -0.3 is 30.3 Å². The van der Waals surface area contributed by atoms with Crippen molar-refractivity contribution in [2.45, 2.75) is 95.2 Å². The predicted octanol–water partition coefficient (Wildman–Crippen LogP) is 2.54. The smallest absolute Gasteiger partial charge is 0.0594 e. The first-order valence-electron chi connectivity index (χ1n) is 16.9. The van der Waals surface area contributed by atoms with Crippen molar-refractivity contribution >= 4 is 0 Å². The van der Waals surface area contributed by atoms with Gasteiger partial charge in [0.15, 0.2) is 0 Å². The van der Waals surface area contributed by atoms with Gasteiger partial charge >= 0.3 is 0 Å². The first-order chi connectivity index (χ1) is 19.3. The molecular formula is C31H62N6O2. The van der Waals surface area contributed by atoms with Gasteiger partial charge in [-0.3, -0.25) is 9.80 Å². The first-order valence-corrected chi connectivity index (χ1v) is 16.9. The number of hydrogen-bond acceptors (Lipinski definition) is 8. The van der Waals surface area contributed by atoms with Gasteiger partial charge in [0.1, 0.15) is 0 Å². The Kier molecular flexibility index (Phi) is 16.0. The number of nitrogens with zero attached hydrogens (tertiary/aromatic N) is 3. The van der Waals surface area contributed by atoms with Crippen LogP contribution in [0.2, 0.25) is 0 Å². The Morgan fingerprint density at radius 2 is 0.769 bits per heavy atom. The molecule has 0 aromatic heterocycles. The summed E-state index contributed by atoms with van der Waals surface area (Å²) in [4.78, 5) is 7.69. The van der Waals surface area contributed by atoms with E-state index in [4.69, 9.17) is 9.47 Å². The zero-order valence-corrected chi connectivity index (χ0v) is 25.2. The minimum atomic E-state index is 0.742. The average molecular weight is 551 g/mol. The van der Waals surface area contributed by atoms with Gasteiger partial charge in [0.05, 0.1) is 26.4 Å². The number of piperidine rings is 4. The molecule has 6 fully saturated rings. The highest BCUT2D eigenvalue weighted by Gasteiger charge is 2.20. The molecule has 0 amide bonds. The molecule has 6 aliphatic heterocycles. The lowest BCUT2D eigenvalue weighted by Crippen LogP contribution is -2.47. The highest BCUT2D eigenvalue weighted by molar-refractivity contribution is 4.79. The number of nitrogens with one attached hydrogen (secondary N) is 3. The normalized spacial score (nSPS) is 31.8. The van der Waals surface area contributed by atoms with E-state index in [2.05, 4.69) is 30.7 Å². The number of morpholine rings is 2. The van der Waals surface area contributed by atoms with Crippen molar-refractivity contribution in [3.8, 4) is 0 Å². The van der Waals surface area contributed by atoms with E-state index < -0.39 is 0 Å². The van der Waals surface area contributed by atoms with E-state index in [1.54, 1.807) is 0 Å². The summed E-state index contributed by atoms with van der Waals surface area (Å²) in [6.45, 7) is 18.3. The largest absolute Gasteiger partial charge is 0.379 e. The lowest BCUT2D eigenvalue weighted by atomic mass is 10.0. The van der Waals surface area contributed by atoms with E-state index in [1.165, 1.54) is 129 Å². The van der Waals surface area contributed by atoms with Crippen LogP contribution < -0.4 is 16.0 Å². The topological polar surface area (TPSA) is 64.3 Å². The molecule has 6 heterocycles. The monoisotopic (exact) mass is 550 g/mol. The summed E-state index contributed by atoms with van der Waals surface area (Å²) in [7, 11) is 0. The molecule has 6 rings (SSSR count). The Morgan fingerprint density at radius 1 is 0.410 bits per heavy atom. The molecule has 6 aliphatic rings. The van der Waals surface area contributed by atoms with Crippen LogP contribution in [0.25, 0.3) is 0 Å². The van der Waals surface area contributed by atoms with Crippen LogP contribution in [0.5, 0.6) is 0 Å². The third kappa shape index (κ3) is 13.5. The summed E-state index contributed by atoms with van der Waals surface area (Å²) in [5.41, 5.74) is 0. The number of hydrogen-bond donors (Lipinski definition) is 3. The standard InChI is InChI=1S/C11H22N2.2C10H20N2O/c1-4-8-13(9-5-1)10-11-6-2-3-7-12-11;2*1-2-4-11-10(3-1)9-12-5-7-13-8-6-12/h11-12H,1-10H2;2*10-11H,1-9H2/t11-;10-;/m00./s1. The third-order valence-electron chi connectivity index (χ3n) is 9.33. The summed E-state index contributed by atoms with van der Waals surface area (Å²) in [5, 5.41) is 10.8. The van der Waals surface area contributed by atoms with Crippen LogP contribution in [0.1, 0.15) is 77.0 Å². The highest BCUT2D eigenvalue weighted by atomic mass is 16.5. The molecule has 6 saturated heterocycles. The molecule has 1 unspecified atom stereocenters. The van der Waals surface area contributed by atoms with Crippen LogP contribution in [-0.4, -0.2) is 138 Å². The van der Waals surface area contributed by atoms with E-state index in [0.717, 1.165) is 70.7 Å². The fourth-order valence-corrected chi connectivity index (χ4v) is 6.88. The minimum Gasteiger partial charge on any atom is -0.379 e. The minimum absolute atomic E-state index is 0.742. The second-order valence-electron chi connectivity index (χ2n) is 12.6. The third-order valence-corrected chi connectivity index (χ3v) is 9.33. The van der Waals surface area contributed by atoms with E-state index >= 15 is 0 Å². The summed E-state index contributed by atoms with van der Waals surface area (Å²) >= 11 is 0. The Morgan fingerprint density at radius 3 is 1.10 bits per heavy atom. The van der Waals surface area contributed by atoms with Gasteiger partial charge in [-0.2, -0.15) is 0 Å². The van der Waals surface area contributed by atoms with Crippen molar-refractivity contribution in [1.82, 2.24) is 30.7 Å². The van der Waals surface area contributed by atoms with Gasteiger partial charge in [0, 0.05) is 63.9 Å². The van der Waals surface area contributed by atoms with Crippen molar-refractivity contribution < 1.29 is 9.47 Å². The molecule has 39 heavy (non-hydrogen) atoms. The SMILES string of the molecule is C1CCC(CN2CCOCC2)NC1.C1CCN(C[C@@H]2CCCCN2)CC1.C1CC[C@@H](CN2CCOCC2)NC1. The van der Waals surface area contributed by atoms with Gasteiger partial charge in [0.2, 0.25) is 0 Å². The molecule has 8 nitrogen and oxygen atoms in total. The maximum atomic E-state index is 5.33. The van der Waals surface area contributed by atoms with E-state index in [-0.39, 0.29) is 0 Å². The molecule has 0 radical (unpaired) electrons. The first kappa shape index (κ1) is 31.6. The Labute approximate surface area is 240 Å². The lowest BCUT2D eigenvalue weighted by molar-refractivity contribution is 0.0321. The predicted molar refractivity (Wildman–Crippen MR) is 162 cm³/mol. The molecular weight excluding hydrogens is 488 g/mol. The quantitative estimate of drug-likeness (QED) is 0.467. The fraction of sp³-hybridized carbons (Fsp3) is 1.00. The van der Waals surface area contributed by atoms with Gasteiger partial charge in [0.25, 0.3) is 0 Å². The van der Waals surface area contributed by atoms with Gasteiger partial charge in [-0.1, -0.05) is 25.7 Å². The molecule has 0 saturated carbocycles. The summed E-state index contributed by atoms with van der Waals surface area (Å²) in [6, 6.07) is 2.28. The molecule has 0 spiro atoms. The van der Waals surface area contributed by atoms with Gasteiger partial charge in [-0.05, 0) is 84.1 Å². The lowest BCUT2D eigenvalue weighted by Gasteiger charge is -2.32. The zero-order valence-electron chi connectivity index (χ0n) is 25.2. The average Bonchev–Trinajstić information content (AvgIpc) is 3.01. The molecule has 0 aliphatic carbocycles. The zero-order chi connectivity index (χ0) is 26.8. The number of likely N-dealkylation sites (tertiary alicyclic amines) is 1. The molecule has 0 aromatic rings. The number of ether oxygens (including phenoxy) is 2. The Balaban J connectivity index is 0.000000136. The van der Waals surface area contributed by atoms with Crippen LogP contribution in [0.15, 0.2) is 0 Å². The maximum Gasteiger partial charge on any atom is 0.0594 e. The van der Waals surface area contributed by atoms with Gasteiger partial charge in [-0.15, -0.1) is 0 Å². The van der Waals surface area contributed by atoms with Crippen molar-refractivity contribution in [2.75, 3.05) is 105 Å². The van der Waals surface area contributed by atoms with Crippen molar-refractivity contribution in [3.63, 3.8) is 0 Å². The molecule has 0 bridgehead atoms. The van der Waals surface area contributed by atoms with E-state index in [1.807, 2.05) is 0 Å². The molecule has 3 atom stereocenters. The Bertz CT molecular complexity index is 449. The van der Waals surface area contributed by atoms with Crippen LogP contribution in [0.3, 0.4) is 0 Å². The summed E-state index contributed by atoms with van der Waals surface area (Å²) in [6.07, 6.45) is 16.8. The van der Waals surface area contributed by atoms with Crippen molar-refractivity contribution in [1.29, 1.82) is 0 Å². The van der Waals surface area contributed by atoms with Crippen LogP contribution >= 0.6 is 0 Å². The van der Waals surface area contributed by atoms with Crippen molar-refractivity contribution in [2.24, 2.45) is 0 Å². The summed E-state index contributed by atoms with van der Waals surface area (Å²) < 4.78 is 10.7. The van der Waals surface area contributed by atoms with Crippen LogP contribution in [0, 0.1) is 0 Å². The highest BCUT2D eigenvalue weighted by Crippen LogP contribution is 2.13. The summed E-state index contributed by atoms with van der Waals surface area (Å²) in [5.74, 6) is 0. The second-order valence-corrected chi connectivity index (χ2v) is 12.6. The van der Waals surface area contributed by atoms with Crippen LogP contribution in [-0.2, 0) is 9.47 Å². The van der Waals surface area contributed by atoms with Crippen molar-refractivity contribution in [3.05, 3.63) is 0 Å². The molecule has 0 aromatic carbocycles. The van der Waals surface area contributed by atoms with Crippen LogP contribution in [0.4, 0.5) is 0 Å². The second kappa shape index (κ2) is 19.7. The molecule has 8 heteroatoms. The Hall–Kier alpha value is -0.320. The van der Waals surface area contributed by atoms with Gasteiger partial charge in [-0.25, -0.2) is 0 Å². The fourth-order valence-electron chi connectivity index (χ4n) is 6.88. The molecule has 228 valence electrons.